The number of carboxylic acids is 1. The number of nitrogens with zero attached hydrogens (tertiary/aromatic N) is 1. The van der Waals surface area contributed by atoms with E-state index in [1.165, 1.54) is 0 Å². The first-order valence-corrected chi connectivity index (χ1v) is 7.23. The summed E-state index contributed by atoms with van der Waals surface area (Å²) in [7, 11) is 0. The number of aromatic amines is 1. The lowest BCUT2D eigenvalue weighted by atomic mass is 10.1. The van der Waals surface area contributed by atoms with Gasteiger partial charge in [0.1, 0.15) is 0 Å². The average molecular weight is 306 g/mol. The molecule has 1 aromatic carbocycles. The lowest BCUT2D eigenvalue weighted by Gasteiger charge is -2.15. The highest BCUT2D eigenvalue weighted by Gasteiger charge is 2.22. The van der Waals surface area contributed by atoms with Crippen LogP contribution in [0.4, 0.5) is 0 Å². The maximum absolute atomic E-state index is 12.3. The highest BCUT2D eigenvalue weighted by atomic mass is 35.5. The molecule has 1 aromatic heterocycles. The number of H-pyrrole nitrogens is 1. The number of nitrogens with one attached hydrogen (secondary N) is 1. The number of halogens is 1. The minimum atomic E-state index is -1.31. The Morgan fingerprint density at radius 1 is 1.29 bits per heavy atom. The average Bonchev–Trinajstić information content (AvgIpc) is 3.07. The van der Waals surface area contributed by atoms with E-state index in [1.54, 1.807) is 23.1 Å². The molecule has 0 unspecified atom stereocenters. The molecule has 2 heterocycles. The van der Waals surface area contributed by atoms with Crippen molar-refractivity contribution in [3.8, 4) is 0 Å². The summed E-state index contributed by atoms with van der Waals surface area (Å²) in [5.41, 5.74) is 1.05. The topological polar surface area (TPSA) is 76.2 Å². The van der Waals surface area contributed by atoms with Gasteiger partial charge in [-0.3, -0.25) is 4.79 Å². The van der Waals surface area contributed by atoms with Crippen LogP contribution in [0.2, 0.25) is 5.02 Å². The number of likely N-dealkylation sites (tertiary alicyclic amines) is 1. The molecule has 2 aromatic rings. The number of hydrogen-bond acceptors (Lipinski definition) is 3. The van der Waals surface area contributed by atoms with Gasteiger partial charge in [0.25, 0.3) is 0 Å². The smallest absolute Gasteiger partial charge is 0.227 e. The second-order valence-electron chi connectivity index (χ2n) is 5.22. The first-order chi connectivity index (χ1) is 10.1. The number of carboxylic acid groups (broad SMARTS) is 1. The summed E-state index contributed by atoms with van der Waals surface area (Å²) >= 11 is 5.97. The van der Waals surface area contributed by atoms with Crippen LogP contribution in [-0.2, 0) is 11.2 Å². The quantitative estimate of drug-likeness (QED) is 0.930. The first kappa shape index (κ1) is 13.9. The van der Waals surface area contributed by atoms with Gasteiger partial charge in [0, 0.05) is 29.0 Å². The SMILES string of the molecule is O=C([O-])c1[nH]c2ccc(Cl)cc2c1CC(=O)N1CCCC1. The molecule has 0 bridgehead atoms. The molecule has 0 radical (unpaired) electrons. The number of hydrogen-bond donors (Lipinski definition) is 1. The van der Waals surface area contributed by atoms with Crippen molar-refractivity contribution in [2.24, 2.45) is 0 Å². The van der Waals surface area contributed by atoms with E-state index in [-0.39, 0.29) is 18.0 Å². The van der Waals surface area contributed by atoms with Crippen molar-refractivity contribution in [2.45, 2.75) is 19.3 Å². The van der Waals surface area contributed by atoms with Crippen LogP contribution in [0.25, 0.3) is 10.9 Å². The van der Waals surface area contributed by atoms with Crippen LogP contribution in [0.3, 0.4) is 0 Å². The van der Waals surface area contributed by atoms with Crippen molar-refractivity contribution in [3.05, 3.63) is 34.5 Å². The van der Waals surface area contributed by atoms with Crippen LogP contribution < -0.4 is 5.11 Å². The van der Waals surface area contributed by atoms with Gasteiger partial charge in [0.05, 0.1) is 18.1 Å². The summed E-state index contributed by atoms with van der Waals surface area (Å²) in [4.78, 5) is 28.1. The Morgan fingerprint density at radius 3 is 2.67 bits per heavy atom. The molecule has 1 amide bonds. The number of carbonyl (C=O) groups excluding carboxylic acids is 2. The van der Waals surface area contributed by atoms with Gasteiger partial charge in [-0.15, -0.1) is 0 Å². The number of benzene rings is 1. The van der Waals surface area contributed by atoms with Crippen molar-refractivity contribution in [2.75, 3.05) is 13.1 Å². The Kier molecular flexibility index (Phi) is 3.59. The largest absolute Gasteiger partial charge is 0.543 e. The number of rotatable bonds is 3. The summed E-state index contributed by atoms with van der Waals surface area (Å²) < 4.78 is 0. The molecule has 1 aliphatic heterocycles. The van der Waals surface area contributed by atoms with Crippen LogP contribution >= 0.6 is 11.6 Å². The Morgan fingerprint density at radius 2 is 2.00 bits per heavy atom. The van der Waals surface area contributed by atoms with Gasteiger partial charge in [-0.05, 0) is 36.6 Å². The zero-order valence-corrected chi connectivity index (χ0v) is 12.1. The third-order valence-corrected chi connectivity index (χ3v) is 4.09. The highest BCUT2D eigenvalue weighted by molar-refractivity contribution is 6.31. The van der Waals surface area contributed by atoms with E-state index in [2.05, 4.69) is 4.98 Å². The Hall–Kier alpha value is -2.01. The van der Waals surface area contributed by atoms with Crippen LogP contribution in [-0.4, -0.2) is 34.8 Å². The van der Waals surface area contributed by atoms with Gasteiger partial charge in [0.2, 0.25) is 5.91 Å². The van der Waals surface area contributed by atoms with E-state index >= 15 is 0 Å². The maximum atomic E-state index is 12.3. The minimum absolute atomic E-state index is 0.0418. The number of aromatic carboxylic acids is 1. The molecule has 6 heteroatoms. The number of fused-ring (bicyclic) bond motifs is 1. The molecule has 110 valence electrons. The maximum Gasteiger partial charge on any atom is 0.227 e. The molecule has 1 fully saturated rings. The highest BCUT2D eigenvalue weighted by Crippen LogP contribution is 2.26. The van der Waals surface area contributed by atoms with Crippen molar-refractivity contribution >= 4 is 34.4 Å². The van der Waals surface area contributed by atoms with Gasteiger partial charge in [-0.2, -0.15) is 0 Å². The summed E-state index contributed by atoms with van der Waals surface area (Å²) in [5, 5.41) is 12.4. The number of amides is 1. The molecular weight excluding hydrogens is 292 g/mol. The molecule has 3 rings (SSSR count). The van der Waals surface area contributed by atoms with E-state index < -0.39 is 5.97 Å². The standard InChI is InChI=1S/C15H15ClN2O3/c16-9-3-4-12-10(7-9)11(14(17-12)15(20)21)8-13(19)18-5-1-2-6-18/h3-4,7,17H,1-2,5-6,8H2,(H,20,21)/p-1. The van der Waals surface area contributed by atoms with Crippen LogP contribution in [0.5, 0.6) is 0 Å². The number of aromatic nitrogens is 1. The second kappa shape index (κ2) is 5.41. The monoisotopic (exact) mass is 305 g/mol. The second-order valence-corrected chi connectivity index (χ2v) is 5.66. The van der Waals surface area contributed by atoms with E-state index in [4.69, 9.17) is 11.6 Å². The molecule has 1 N–H and O–H groups in total. The first-order valence-electron chi connectivity index (χ1n) is 6.85. The van der Waals surface area contributed by atoms with Crippen LogP contribution in [0.15, 0.2) is 18.2 Å². The fraction of sp³-hybridized carbons (Fsp3) is 0.333. The van der Waals surface area contributed by atoms with E-state index in [1.807, 2.05) is 0 Å². The lowest BCUT2D eigenvalue weighted by molar-refractivity contribution is -0.255. The lowest BCUT2D eigenvalue weighted by Crippen LogP contribution is -2.30. The van der Waals surface area contributed by atoms with Gasteiger partial charge < -0.3 is 19.8 Å². The fourth-order valence-electron chi connectivity index (χ4n) is 2.81. The van der Waals surface area contributed by atoms with Gasteiger partial charge in [-0.25, -0.2) is 0 Å². The van der Waals surface area contributed by atoms with Crippen molar-refractivity contribution in [1.29, 1.82) is 0 Å². The summed E-state index contributed by atoms with van der Waals surface area (Å²) in [6, 6.07) is 5.05. The number of carbonyl (C=O) groups is 2. The van der Waals surface area contributed by atoms with Crippen molar-refractivity contribution in [1.82, 2.24) is 9.88 Å². The van der Waals surface area contributed by atoms with Gasteiger partial charge >= 0.3 is 0 Å². The molecule has 0 spiro atoms. The zero-order chi connectivity index (χ0) is 15.0. The molecule has 1 saturated heterocycles. The van der Waals surface area contributed by atoms with Gasteiger partial charge in [0.15, 0.2) is 0 Å². The fourth-order valence-corrected chi connectivity index (χ4v) is 2.98. The summed E-state index contributed by atoms with van der Waals surface area (Å²) in [5.74, 6) is -1.37. The molecule has 0 atom stereocenters. The van der Waals surface area contributed by atoms with Crippen molar-refractivity contribution < 1.29 is 14.7 Å². The summed E-state index contributed by atoms with van der Waals surface area (Å²) in [6.07, 6.45) is 2.04. The third-order valence-electron chi connectivity index (χ3n) is 3.86. The van der Waals surface area contributed by atoms with Crippen LogP contribution in [0, 0.1) is 0 Å². The van der Waals surface area contributed by atoms with Crippen molar-refractivity contribution in [3.63, 3.8) is 0 Å². The molecule has 5 nitrogen and oxygen atoms in total. The molecule has 0 saturated carbocycles. The Balaban J connectivity index is 2.02. The molecule has 21 heavy (non-hydrogen) atoms. The van der Waals surface area contributed by atoms with E-state index in [9.17, 15) is 14.7 Å². The predicted molar refractivity (Wildman–Crippen MR) is 77.2 cm³/mol. The Labute approximate surface area is 126 Å². The minimum Gasteiger partial charge on any atom is -0.543 e. The van der Waals surface area contributed by atoms with E-state index in [0.717, 1.165) is 25.9 Å². The third kappa shape index (κ3) is 2.61. The molecule has 0 aliphatic carbocycles. The van der Waals surface area contributed by atoms with E-state index in [0.29, 0.717) is 21.5 Å². The van der Waals surface area contributed by atoms with Gasteiger partial charge in [-0.1, -0.05) is 11.6 Å². The molecular formula is C15H14ClN2O3-. The Bertz CT molecular complexity index is 717. The molecule has 1 aliphatic rings. The summed E-state index contributed by atoms with van der Waals surface area (Å²) in [6.45, 7) is 1.48. The normalized spacial score (nSPS) is 14.8. The zero-order valence-electron chi connectivity index (χ0n) is 11.3. The van der Waals surface area contributed by atoms with Crippen LogP contribution in [0.1, 0.15) is 28.9 Å². The predicted octanol–water partition coefficient (Wildman–Crippen LogP) is 1.35.